The lowest BCUT2D eigenvalue weighted by Gasteiger charge is -2.44. The van der Waals surface area contributed by atoms with E-state index in [1.807, 2.05) is 0 Å². The zero-order valence-corrected chi connectivity index (χ0v) is 19.2. The maximum atomic E-state index is 12.0. The highest BCUT2D eigenvalue weighted by atomic mass is 16.4. The zero-order chi connectivity index (χ0) is 26.9. The first kappa shape index (κ1) is 29.7. The van der Waals surface area contributed by atoms with E-state index in [-0.39, 0.29) is 39.0 Å². The van der Waals surface area contributed by atoms with Crippen LogP contribution in [0.5, 0.6) is 0 Å². The highest BCUT2D eigenvalue weighted by Crippen LogP contribution is 2.26. The maximum Gasteiger partial charge on any atom is 0.320 e. The van der Waals surface area contributed by atoms with Crippen LogP contribution in [0.2, 0.25) is 0 Å². The summed E-state index contributed by atoms with van der Waals surface area (Å²) in [6.07, 6.45) is -1.53. The van der Waals surface area contributed by atoms with Gasteiger partial charge in [0.05, 0.1) is 13.1 Å². The van der Waals surface area contributed by atoms with E-state index in [4.69, 9.17) is 10.2 Å². The zero-order valence-electron chi connectivity index (χ0n) is 19.2. The summed E-state index contributed by atoms with van der Waals surface area (Å²) < 4.78 is 0. The molecule has 1 fully saturated rings. The van der Waals surface area contributed by atoms with Crippen molar-refractivity contribution in [1.29, 1.82) is 0 Å². The Bertz CT molecular complexity index is 770. The first-order valence-electron chi connectivity index (χ1n) is 10.7. The van der Waals surface area contributed by atoms with Crippen LogP contribution in [0.3, 0.4) is 0 Å². The summed E-state index contributed by atoms with van der Waals surface area (Å²) in [6, 6.07) is -2.63. The Hall–Kier alpha value is -3.30. The molecular formula is C20H31N3O12. The van der Waals surface area contributed by atoms with E-state index in [0.29, 0.717) is 0 Å². The minimum atomic E-state index is -1.40. The molecule has 1 aliphatic rings. The number of hydrogen-bond acceptors (Lipinski definition) is 9. The van der Waals surface area contributed by atoms with E-state index in [2.05, 4.69) is 0 Å². The Morgan fingerprint density at radius 1 is 0.686 bits per heavy atom. The number of hydrogen-bond donors (Lipinski definition) is 6. The molecule has 15 nitrogen and oxygen atoms in total. The van der Waals surface area contributed by atoms with Crippen LogP contribution in [0.1, 0.15) is 32.6 Å². The predicted octanol–water partition coefficient (Wildman–Crippen LogP) is -1.53. The summed E-state index contributed by atoms with van der Waals surface area (Å²) in [6.45, 7) is -0.545. The van der Waals surface area contributed by atoms with Crippen LogP contribution in [0.15, 0.2) is 0 Å². The highest BCUT2D eigenvalue weighted by molar-refractivity contribution is 5.76. The van der Waals surface area contributed by atoms with Gasteiger partial charge in [0.25, 0.3) is 0 Å². The molecule has 1 heterocycles. The van der Waals surface area contributed by atoms with Gasteiger partial charge in [0.2, 0.25) is 0 Å². The van der Waals surface area contributed by atoms with Gasteiger partial charge >= 0.3 is 35.8 Å². The fraction of sp³-hybridized carbons (Fsp3) is 0.700. The number of carbonyl (C=O) groups is 6. The van der Waals surface area contributed by atoms with Gasteiger partial charge in [-0.05, 0) is 19.8 Å². The number of aliphatic carboxylic acids is 6. The Morgan fingerprint density at radius 3 is 1.29 bits per heavy atom. The molecule has 0 saturated carbocycles. The Balaban J connectivity index is 3.47. The van der Waals surface area contributed by atoms with Crippen molar-refractivity contribution in [3.63, 3.8) is 0 Å². The van der Waals surface area contributed by atoms with Gasteiger partial charge in [-0.25, -0.2) is 0 Å². The fourth-order valence-electron chi connectivity index (χ4n) is 4.28. The summed E-state index contributed by atoms with van der Waals surface area (Å²) in [5, 5.41) is 56.1. The average Bonchev–Trinajstić information content (AvgIpc) is 2.86. The van der Waals surface area contributed by atoms with Crippen LogP contribution in [0.4, 0.5) is 0 Å². The van der Waals surface area contributed by atoms with Crippen molar-refractivity contribution in [1.82, 2.24) is 14.7 Å². The van der Waals surface area contributed by atoms with E-state index in [9.17, 15) is 49.2 Å². The fourth-order valence-corrected chi connectivity index (χ4v) is 4.28. The van der Waals surface area contributed by atoms with E-state index >= 15 is 0 Å². The van der Waals surface area contributed by atoms with Gasteiger partial charge in [-0.3, -0.25) is 43.5 Å². The Morgan fingerprint density at radius 2 is 1.03 bits per heavy atom. The van der Waals surface area contributed by atoms with Crippen LogP contribution < -0.4 is 0 Å². The minimum absolute atomic E-state index is 0.0585. The smallest absolute Gasteiger partial charge is 0.320 e. The van der Waals surface area contributed by atoms with Gasteiger partial charge < -0.3 is 30.6 Å². The number of carboxylic acids is 6. The monoisotopic (exact) mass is 505 g/mol. The second kappa shape index (κ2) is 13.0. The molecule has 0 aromatic heterocycles. The van der Waals surface area contributed by atoms with Crippen molar-refractivity contribution in [2.24, 2.45) is 0 Å². The third kappa shape index (κ3) is 9.46. The number of carboxylic acid groups (broad SMARTS) is 6. The quantitative estimate of drug-likeness (QED) is 0.148. The topological polar surface area (TPSA) is 234 Å². The molecule has 1 unspecified atom stereocenters. The van der Waals surface area contributed by atoms with Crippen LogP contribution in [0.25, 0.3) is 0 Å². The van der Waals surface area contributed by atoms with Crippen LogP contribution in [-0.4, -0.2) is 138 Å². The van der Waals surface area contributed by atoms with Crippen molar-refractivity contribution < 1.29 is 59.4 Å². The molecule has 0 aliphatic carbocycles. The first-order valence-corrected chi connectivity index (χ1v) is 10.7. The van der Waals surface area contributed by atoms with Crippen molar-refractivity contribution in [3.8, 4) is 0 Å². The summed E-state index contributed by atoms with van der Waals surface area (Å²) in [5.74, 6) is -7.87. The molecule has 1 aliphatic heterocycles. The van der Waals surface area contributed by atoms with Crippen molar-refractivity contribution in [2.75, 3.05) is 39.3 Å². The maximum absolute atomic E-state index is 12.0. The molecule has 198 valence electrons. The van der Waals surface area contributed by atoms with Crippen molar-refractivity contribution in [3.05, 3.63) is 0 Å². The number of rotatable bonds is 15. The summed E-state index contributed by atoms with van der Waals surface area (Å²) in [5.41, 5.74) is -1.40. The van der Waals surface area contributed by atoms with Gasteiger partial charge in [0.15, 0.2) is 0 Å². The Kier molecular flexibility index (Phi) is 11.0. The lowest BCUT2D eigenvalue weighted by molar-refractivity contribution is -0.150. The first-order chi connectivity index (χ1) is 16.2. The van der Waals surface area contributed by atoms with Crippen LogP contribution >= 0.6 is 0 Å². The summed E-state index contributed by atoms with van der Waals surface area (Å²) >= 11 is 0. The predicted molar refractivity (Wildman–Crippen MR) is 115 cm³/mol. The lowest BCUT2D eigenvalue weighted by atomic mass is 9.95. The SMILES string of the molecule is CC1(N(CC(=O)O)CC(=O)O)CN([C@H](CCC(=O)O)C(=O)O)CCN([C@@H](CCC(=O)O)C(=O)O)C1. The van der Waals surface area contributed by atoms with Crippen LogP contribution in [-0.2, 0) is 28.8 Å². The van der Waals surface area contributed by atoms with E-state index in [1.54, 1.807) is 0 Å². The summed E-state index contributed by atoms with van der Waals surface area (Å²) in [4.78, 5) is 72.7. The normalized spacial score (nSPS) is 21.1. The number of nitrogens with zero attached hydrogens (tertiary/aromatic N) is 3. The molecule has 0 radical (unpaired) electrons. The molecule has 0 aromatic rings. The molecular weight excluding hydrogens is 474 g/mol. The molecule has 3 atom stereocenters. The lowest BCUT2D eigenvalue weighted by Crippen LogP contribution is -2.62. The molecule has 1 saturated heterocycles. The van der Waals surface area contributed by atoms with Gasteiger partial charge in [0.1, 0.15) is 12.1 Å². The molecule has 35 heavy (non-hydrogen) atoms. The van der Waals surface area contributed by atoms with Gasteiger partial charge in [-0.15, -0.1) is 0 Å². The van der Waals surface area contributed by atoms with Crippen molar-refractivity contribution >= 4 is 35.8 Å². The highest BCUT2D eigenvalue weighted by Gasteiger charge is 2.44. The molecule has 1 rings (SSSR count). The van der Waals surface area contributed by atoms with E-state index in [1.165, 1.54) is 16.7 Å². The largest absolute Gasteiger partial charge is 0.481 e. The molecule has 0 spiro atoms. The second-order valence-electron chi connectivity index (χ2n) is 8.65. The molecule has 0 bridgehead atoms. The van der Waals surface area contributed by atoms with Crippen molar-refractivity contribution in [2.45, 2.75) is 50.2 Å². The molecule has 0 amide bonds. The van der Waals surface area contributed by atoms with E-state index < -0.39 is 79.4 Å². The van der Waals surface area contributed by atoms with E-state index in [0.717, 1.165) is 4.90 Å². The van der Waals surface area contributed by atoms with Gasteiger partial charge in [-0.2, -0.15) is 0 Å². The Labute approximate surface area is 200 Å². The molecule has 15 heteroatoms. The average molecular weight is 505 g/mol. The third-order valence-electron chi connectivity index (χ3n) is 5.89. The van der Waals surface area contributed by atoms with Gasteiger partial charge in [0, 0.05) is 44.6 Å². The molecule has 0 aromatic carbocycles. The third-order valence-corrected chi connectivity index (χ3v) is 5.89. The molecule has 6 N–H and O–H groups in total. The summed E-state index contributed by atoms with van der Waals surface area (Å²) in [7, 11) is 0. The van der Waals surface area contributed by atoms with Crippen LogP contribution in [0, 0.1) is 0 Å². The minimum Gasteiger partial charge on any atom is -0.481 e. The standard InChI is InChI=1S/C20H31N3O12/c1-20(23(8-16(28)29)9-17(30)31)10-21(12(18(32)33)2-4-14(24)25)6-7-22(11-20)13(19(34)35)3-5-15(26)27/h12-13H,2-11H2,1H3,(H,24,25)(H,26,27)(H,28,29)(H,30,31)(H,32,33)(H,34,35)/t12-,13+,20?. The second-order valence-corrected chi connectivity index (χ2v) is 8.65. The van der Waals surface area contributed by atoms with Gasteiger partial charge in [-0.1, -0.05) is 0 Å².